The Labute approximate surface area is 120 Å². The summed E-state index contributed by atoms with van der Waals surface area (Å²) >= 11 is 0. The second-order valence-corrected chi connectivity index (χ2v) is 5.36. The lowest BCUT2D eigenvalue weighted by molar-refractivity contribution is -0.137. The van der Waals surface area contributed by atoms with E-state index in [-0.39, 0.29) is 12.5 Å². The third-order valence-electron chi connectivity index (χ3n) is 3.66. The van der Waals surface area contributed by atoms with Gasteiger partial charge in [0.25, 0.3) is 0 Å². The molecule has 0 saturated carbocycles. The summed E-state index contributed by atoms with van der Waals surface area (Å²) in [6.45, 7) is 3.50. The Kier molecular flexibility index (Phi) is 6.02. The highest BCUT2D eigenvalue weighted by Crippen LogP contribution is 2.15. The minimum absolute atomic E-state index is 0.256. The lowest BCUT2D eigenvalue weighted by atomic mass is 10.1. The Bertz CT molecular complexity index is 407. The van der Waals surface area contributed by atoms with Crippen LogP contribution in [0.5, 0.6) is 0 Å². The van der Waals surface area contributed by atoms with Crippen molar-refractivity contribution in [3.63, 3.8) is 0 Å². The van der Waals surface area contributed by atoms with Crippen molar-refractivity contribution in [1.29, 1.82) is 0 Å². The summed E-state index contributed by atoms with van der Waals surface area (Å²) in [4.78, 5) is 12.8. The lowest BCUT2D eigenvalue weighted by Gasteiger charge is -2.32. The number of carboxylic acids is 1. The van der Waals surface area contributed by atoms with E-state index in [2.05, 4.69) is 17.0 Å². The number of carbonyl (C=O) groups is 1. The summed E-state index contributed by atoms with van der Waals surface area (Å²) in [6, 6.07) is 10.2. The van der Waals surface area contributed by atoms with Crippen LogP contribution in [0.3, 0.4) is 0 Å². The van der Waals surface area contributed by atoms with Crippen LogP contribution in [0, 0.1) is 0 Å². The standard InChI is InChI=1S/C16H23NO3/c18-16(19)9-5-11-17-10-4-8-15(12-17)20-13-14-6-2-1-3-7-14/h1-3,6-7,15H,4-5,8-13H2,(H,18,19)/t15-/m1/s1. The highest BCUT2D eigenvalue weighted by Gasteiger charge is 2.20. The number of ether oxygens (including phenoxy) is 1. The van der Waals surface area contributed by atoms with Gasteiger partial charge in [0.05, 0.1) is 12.7 Å². The predicted molar refractivity (Wildman–Crippen MR) is 77.6 cm³/mol. The van der Waals surface area contributed by atoms with Gasteiger partial charge in [0.15, 0.2) is 0 Å². The van der Waals surface area contributed by atoms with Gasteiger partial charge in [0.1, 0.15) is 0 Å². The Morgan fingerprint density at radius 3 is 2.90 bits per heavy atom. The van der Waals surface area contributed by atoms with Gasteiger partial charge in [-0.25, -0.2) is 0 Å². The SMILES string of the molecule is O=C(O)CCCN1CCC[C@@H](OCc2ccccc2)C1. The molecule has 0 radical (unpaired) electrons. The maximum atomic E-state index is 10.5. The molecule has 0 aliphatic carbocycles. The van der Waals surface area contributed by atoms with Crippen LogP contribution in [0.2, 0.25) is 0 Å². The van der Waals surface area contributed by atoms with E-state index in [0.717, 1.165) is 38.9 Å². The van der Waals surface area contributed by atoms with Gasteiger partial charge in [0, 0.05) is 13.0 Å². The molecule has 1 atom stereocenters. The van der Waals surface area contributed by atoms with Crippen molar-refractivity contribution in [2.24, 2.45) is 0 Å². The van der Waals surface area contributed by atoms with E-state index in [1.165, 1.54) is 5.56 Å². The van der Waals surface area contributed by atoms with Gasteiger partial charge in [-0.15, -0.1) is 0 Å². The number of rotatable bonds is 7. The highest BCUT2D eigenvalue weighted by molar-refractivity contribution is 5.66. The van der Waals surface area contributed by atoms with Gasteiger partial charge in [-0.05, 0) is 37.9 Å². The fraction of sp³-hybridized carbons (Fsp3) is 0.562. The molecular weight excluding hydrogens is 254 g/mol. The zero-order valence-electron chi connectivity index (χ0n) is 11.8. The Morgan fingerprint density at radius 1 is 1.35 bits per heavy atom. The molecule has 1 heterocycles. The maximum Gasteiger partial charge on any atom is 0.303 e. The molecule has 1 aliphatic heterocycles. The summed E-state index contributed by atoms with van der Waals surface area (Å²) in [5, 5.41) is 8.66. The number of nitrogens with zero attached hydrogens (tertiary/aromatic N) is 1. The largest absolute Gasteiger partial charge is 0.481 e. The monoisotopic (exact) mass is 277 g/mol. The van der Waals surface area contributed by atoms with Crippen LogP contribution in [0.1, 0.15) is 31.2 Å². The van der Waals surface area contributed by atoms with Crippen LogP contribution in [0.25, 0.3) is 0 Å². The molecule has 1 fully saturated rings. The molecule has 110 valence electrons. The summed E-state index contributed by atoms with van der Waals surface area (Å²) < 4.78 is 5.97. The molecule has 1 N–H and O–H groups in total. The van der Waals surface area contributed by atoms with Gasteiger partial charge in [0.2, 0.25) is 0 Å². The van der Waals surface area contributed by atoms with Crippen LogP contribution in [0.15, 0.2) is 30.3 Å². The second-order valence-electron chi connectivity index (χ2n) is 5.36. The van der Waals surface area contributed by atoms with Crippen LogP contribution in [-0.4, -0.2) is 41.7 Å². The van der Waals surface area contributed by atoms with E-state index >= 15 is 0 Å². The smallest absolute Gasteiger partial charge is 0.303 e. The van der Waals surface area contributed by atoms with Gasteiger partial charge < -0.3 is 14.7 Å². The Morgan fingerprint density at radius 2 is 2.15 bits per heavy atom. The zero-order chi connectivity index (χ0) is 14.2. The minimum Gasteiger partial charge on any atom is -0.481 e. The van der Waals surface area contributed by atoms with Gasteiger partial charge in [-0.2, -0.15) is 0 Å². The van der Waals surface area contributed by atoms with E-state index in [9.17, 15) is 4.79 Å². The average molecular weight is 277 g/mol. The fourth-order valence-corrected chi connectivity index (χ4v) is 2.59. The van der Waals surface area contributed by atoms with Crippen LogP contribution in [0.4, 0.5) is 0 Å². The summed E-state index contributed by atoms with van der Waals surface area (Å²) in [5.74, 6) is -0.709. The first-order valence-corrected chi connectivity index (χ1v) is 7.34. The number of hydrogen-bond acceptors (Lipinski definition) is 3. The molecule has 0 bridgehead atoms. The lowest BCUT2D eigenvalue weighted by Crippen LogP contribution is -2.40. The number of likely N-dealkylation sites (tertiary alicyclic amines) is 1. The first kappa shape index (κ1) is 15.0. The predicted octanol–water partition coefficient (Wildman–Crippen LogP) is 2.53. The summed E-state index contributed by atoms with van der Waals surface area (Å²) in [6.07, 6.45) is 3.48. The average Bonchev–Trinajstić information content (AvgIpc) is 2.46. The molecule has 0 amide bonds. The molecule has 4 heteroatoms. The molecule has 1 aliphatic rings. The zero-order valence-corrected chi connectivity index (χ0v) is 11.8. The van der Waals surface area contributed by atoms with Crippen LogP contribution >= 0.6 is 0 Å². The van der Waals surface area contributed by atoms with E-state index in [1.807, 2.05) is 18.2 Å². The third-order valence-corrected chi connectivity index (χ3v) is 3.66. The molecule has 2 rings (SSSR count). The van der Waals surface area contributed by atoms with Crippen LogP contribution < -0.4 is 0 Å². The van der Waals surface area contributed by atoms with E-state index < -0.39 is 5.97 Å². The van der Waals surface area contributed by atoms with Crippen molar-refractivity contribution in [3.8, 4) is 0 Å². The highest BCUT2D eigenvalue weighted by atomic mass is 16.5. The molecule has 0 spiro atoms. The number of benzene rings is 1. The molecule has 1 saturated heterocycles. The quantitative estimate of drug-likeness (QED) is 0.832. The van der Waals surface area contributed by atoms with Crippen molar-refractivity contribution >= 4 is 5.97 Å². The van der Waals surface area contributed by atoms with Gasteiger partial charge in [-0.1, -0.05) is 30.3 Å². The van der Waals surface area contributed by atoms with Crippen molar-refractivity contribution in [2.45, 2.75) is 38.4 Å². The van der Waals surface area contributed by atoms with E-state index in [4.69, 9.17) is 9.84 Å². The number of aliphatic carboxylic acids is 1. The van der Waals surface area contributed by atoms with Crippen molar-refractivity contribution in [3.05, 3.63) is 35.9 Å². The first-order chi connectivity index (χ1) is 9.74. The van der Waals surface area contributed by atoms with Crippen LogP contribution in [-0.2, 0) is 16.1 Å². The summed E-state index contributed by atoms with van der Waals surface area (Å²) in [7, 11) is 0. The van der Waals surface area contributed by atoms with Crippen molar-refractivity contribution in [1.82, 2.24) is 4.90 Å². The molecule has 1 aromatic rings. The van der Waals surface area contributed by atoms with Crippen molar-refractivity contribution < 1.29 is 14.6 Å². The third kappa shape index (κ3) is 5.31. The first-order valence-electron chi connectivity index (χ1n) is 7.34. The molecule has 0 aromatic heterocycles. The van der Waals surface area contributed by atoms with E-state index in [1.54, 1.807) is 0 Å². The van der Waals surface area contributed by atoms with Crippen molar-refractivity contribution in [2.75, 3.05) is 19.6 Å². The van der Waals surface area contributed by atoms with Gasteiger partial charge in [-0.3, -0.25) is 4.79 Å². The molecular formula is C16H23NO3. The molecule has 1 aromatic carbocycles. The number of carboxylic acid groups (broad SMARTS) is 1. The Balaban J connectivity index is 1.69. The topological polar surface area (TPSA) is 49.8 Å². The normalized spacial score (nSPS) is 19.9. The second kappa shape index (κ2) is 8.02. The fourth-order valence-electron chi connectivity index (χ4n) is 2.59. The maximum absolute atomic E-state index is 10.5. The molecule has 0 unspecified atom stereocenters. The number of piperidine rings is 1. The van der Waals surface area contributed by atoms with Gasteiger partial charge >= 0.3 is 5.97 Å². The summed E-state index contributed by atoms with van der Waals surface area (Å²) in [5.41, 5.74) is 1.20. The molecule has 20 heavy (non-hydrogen) atoms. The molecule has 4 nitrogen and oxygen atoms in total. The Hall–Kier alpha value is -1.39. The minimum atomic E-state index is -0.709. The number of hydrogen-bond donors (Lipinski definition) is 1. The van der Waals surface area contributed by atoms with E-state index in [0.29, 0.717) is 6.61 Å².